The van der Waals surface area contributed by atoms with E-state index < -0.39 is 0 Å². The Morgan fingerprint density at radius 1 is 1.19 bits per heavy atom. The second kappa shape index (κ2) is 8.00. The summed E-state index contributed by atoms with van der Waals surface area (Å²) >= 11 is 0. The molecule has 31 heavy (non-hydrogen) atoms. The smallest absolute Gasteiger partial charge is 0.136 e. The lowest BCUT2D eigenvalue weighted by molar-refractivity contribution is -0.0722. The minimum absolute atomic E-state index is 0.0927. The van der Waals surface area contributed by atoms with Gasteiger partial charge in [0.05, 0.1) is 24.1 Å². The Morgan fingerprint density at radius 3 is 2.87 bits per heavy atom. The highest BCUT2D eigenvalue weighted by molar-refractivity contribution is 5.96. The van der Waals surface area contributed by atoms with Crippen molar-refractivity contribution in [2.45, 2.75) is 84.4 Å². The molecule has 0 amide bonds. The number of hydrogen-bond donors (Lipinski definition) is 2. The van der Waals surface area contributed by atoms with E-state index in [1.165, 1.54) is 32.1 Å². The summed E-state index contributed by atoms with van der Waals surface area (Å²) in [6.45, 7) is 6.36. The first-order valence-corrected chi connectivity index (χ1v) is 12.1. The van der Waals surface area contributed by atoms with Crippen molar-refractivity contribution in [1.29, 1.82) is 0 Å². The summed E-state index contributed by atoms with van der Waals surface area (Å²) in [7, 11) is 0. The summed E-state index contributed by atoms with van der Waals surface area (Å²) in [6.07, 6.45) is 13.3. The van der Waals surface area contributed by atoms with Crippen LogP contribution in [0.4, 0.5) is 0 Å². The second-order valence-electron chi connectivity index (χ2n) is 10.7. The number of aromatic nitrogens is 3. The van der Waals surface area contributed by atoms with Gasteiger partial charge in [-0.3, -0.25) is 0 Å². The van der Waals surface area contributed by atoms with Crippen molar-refractivity contribution in [3.8, 4) is 0 Å². The van der Waals surface area contributed by atoms with Crippen LogP contribution in [0.15, 0.2) is 23.0 Å². The van der Waals surface area contributed by atoms with Crippen molar-refractivity contribution < 1.29 is 9.94 Å². The fourth-order valence-corrected chi connectivity index (χ4v) is 7.42. The highest BCUT2D eigenvalue weighted by Gasteiger charge is 2.58. The number of hydrogen-bond acceptors (Lipinski definition) is 6. The number of rotatable bonds is 5. The third-order valence-corrected chi connectivity index (χ3v) is 9.32. The number of oxime groups is 1. The summed E-state index contributed by atoms with van der Waals surface area (Å²) in [4.78, 5) is 5.62. The molecule has 0 aromatic carbocycles. The van der Waals surface area contributed by atoms with E-state index in [9.17, 15) is 5.11 Å². The first-order valence-electron chi connectivity index (χ1n) is 12.1. The van der Waals surface area contributed by atoms with E-state index in [2.05, 4.69) is 35.4 Å². The Kier molecular flexibility index (Phi) is 5.45. The van der Waals surface area contributed by atoms with Gasteiger partial charge >= 0.3 is 0 Å². The van der Waals surface area contributed by atoms with Gasteiger partial charge in [-0.15, -0.1) is 5.10 Å². The first-order chi connectivity index (χ1) is 14.9. The summed E-state index contributed by atoms with van der Waals surface area (Å²) in [6, 6.07) is 0. The van der Waals surface area contributed by atoms with Gasteiger partial charge in [0.2, 0.25) is 0 Å². The van der Waals surface area contributed by atoms with Crippen molar-refractivity contribution in [1.82, 2.24) is 15.0 Å². The fourth-order valence-electron chi connectivity index (χ4n) is 7.42. The van der Waals surface area contributed by atoms with Crippen LogP contribution in [-0.2, 0) is 17.9 Å². The van der Waals surface area contributed by atoms with Gasteiger partial charge in [-0.2, -0.15) is 0 Å². The van der Waals surface area contributed by atoms with Crippen LogP contribution in [0.3, 0.4) is 0 Å². The van der Waals surface area contributed by atoms with Gasteiger partial charge in [-0.25, -0.2) is 4.68 Å². The van der Waals surface area contributed by atoms with Crippen LogP contribution in [0, 0.1) is 28.6 Å². The van der Waals surface area contributed by atoms with Gasteiger partial charge in [0.1, 0.15) is 6.61 Å². The van der Waals surface area contributed by atoms with E-state index in [1.807, 2.05) is 6.20 Å². The van der Waals surface area contributed by atoms with Crippen LogP contribution in [0.5, 0.6) is 0 Å². The van der Waals surface area contributed by atoms with Crippen LogP contribution in [0.2, 0.25) is 0 Å². The van der Waals surface area contributed by atoms with E-state index in [-0.39, 0.29) is 16.9 Å². The lowest BCUT2D eigenvalue weighted by Gasteiger charge is -2.57. The van der Waals surface area contributed by atoms with E-state index in [0.717, 1.165) is 42.5 Å². The quantitative estimate of drug-likeness (QED) is 0.554. The average molecular weight is 428 g/mol. The minimum Gasteiger partial charge on any atom is -0.394 e. The van der Waals surface area contributed by atoms with Crippen molar-refractivity contribution in [2.24, 2.45) is 39.5 Å². The molecule has 0 radical (unpaired) electrons. The maximum Gasteiger partial charge on any atom is 0.136 e. The zero-order valence-electron chi connectivity index (χ0n) is 19.0. The minimum atomic E-state index is -0.0927. The molecule has 1 aromatic rings. The van der Waals surface area contributed by atoms with Gasteiger partial charge < -0.3 is 15.7 Å². The van der Waals surface area contributed by atoms with E-state index in [1.54, 1.807) is 10.3 Å². The lowest BCUT2D eigenvalue weighted by atomic mass is 9.47. The van der Waals surface area contributed by atoms with Gasteiger partial charge in [0.15, 0.2) is 0 Å². The van der Waals surface area contributed by atoms with Gasteiger partial charge in [0.25, 0.3) is 0 Å². The number of nitrogens with zero attached hydrogens (tertiary/aromatic N) is 4. The maximum absolute atomic E-state index is 10.6. The molecule has 3 unspecified atom stereocenters. The molecule has 4 aliphatic carbocycles. The van der Waals surface area contributed by atoms with Crippen molar-refractivity contribution in [2.75, 3.05) is 6.61 Å². The van der Waals surface area contributed by atoms with Crippen molar-refractivity contribution >= 4 is 5.71 Å². The maximum atomic E-state index is 10.6. The number of aliphatic hydroxyl groups is 1. The zero-order valence-corrected chi connectivity index (χ0v) is 19.0. The number of nitrogens with two attached hydrogens (primary N) is 1. The molecule has 3 fully saturated rings. The molecule has 0 saturated heterocycles. The van der Waals surface area contributed by atoms with Gasteiger partial charge in [-0.1, -0.05) is 29.8 Å². The monoisotopic (exact) mass is 427 g/mol. The Labute approximate surface area is 185 Å². The third-order valence-electron chi connectivity index (χ3n) is 9.32. The van der Waals surface area contributed by atoms with Crippen molar-refractivity contribution in [3.05, 3.63) is 23.5 Å². The van der Waals surface area contributed by atoms with Gasteiger partial charge in [0, 0.05) is 12.7 Å². The number of fused-ring (bicyclic) bond motifs is 5. The Hall–Kier alpha value is -1.73. The molecule has 3 saturated carbocycles. The molecule has 0 spiro atoms. The summed E-state index contributed by atoms with van der Waals surface area (Å²) < 4.78 is 1.75. The zero-order chi connectivity index (χ0) is 21.6. The highest BCUT2D eigenvalue weighted by atomic mass is 16.6. The Morgan fingerprint density at radius 2 is 2.06 bits per heavy atom. The molecule has 7 nitrogen and oxygen atoms in total. The summed E-state index contributed by atoms with van der Waals surface area (Å²) in [5.74, 6) is 2.23. The standard InChI is InChI=1S/C24H37N5O2/c1-23-9-7-17(27-31-12-11-29-15-18(14-25)26-28-29)13-16(23)3-4-19-20-5-6-22(30)24(20,2)10-8-21(19)23/h13,15,19-22,30H,3-12,14,25H2,1-2H3/t19?,20?,21?,22-,23-,24-/m0/s1. The average Bonchev–Trinajstić information content (AvgIpc) is 3.35. The van der Waals surface area contributed by atoms with Crippen LogP contribution in [0.25, 0.3) is 0 Å². The molecule has 7 heteroatoms. The van der Waals surface area contributed by atoms with E-state index >= 15 is 0 Å². The molecule has 1 heterocycles. The van der Waals surface area contributed by atoms with Crippen LogP contribution in [0.1, 0.15) is 70.9 Å². The summed E-state index contributed by atoms with van der Waals surface area (Å²) in [5.41, 5.74) is 9.45. The van der Waals surface area contributed by atoms with Crippen LogP contribution < -0.4 is 5.73 Å². The predicted molar refractivity (Wildman–Crippen MR) is 119 cm³/mol. The topological polar surface area (TPSA) is 98.6 Å². The molecule has 5 rings (SSSR count). The predicted octanol–water partition coefficient (Wildman–Crippen LogP) is 3.43. The van der Waals surface area contributed by atoms with E-state index in [4.69, 9.17) is 10.6 Å². The molecular weight excluding hydrogens is 390 g/mol. The molecule has 170 valence electrons. The summed E-state index contributed by atoms with van der Waals surface area (Å²) in [5, 5.41) is 23.1. The molecule has 0 bridgehead atoms. The SMILES string of the molecule is C[C@]12CCC(=NOCCn3cc(CN)nn3)C=C1CCC1C2CC[C@@]2(C)C1CC[C@@H]2O. The molecule has 6 atom stereocenters. The first kappa shape index (κ1) is 21.1. The Balaban J connectivity index is 1.24. The molecule has 3 N–H and O–H groups in total. The van der Waals surface area contributed by atoms with Crippen LogP contribution in [-0.4, -0.2) is 38.5 Å². The van der Waals surface area contributed by atoms with Crippen molar-refractivity contribution in [3.63, 3.8) is 0 Å². The normalized spacial score (nSPS) is 40.8. The highest BCUT2D eigenvalue weighted by Crippen LogP contribution is 2.65. The molecule has 0 aliphatic heterocycles. The molecular formula is C24H37N5O2. The number of allylic oxidation sites excluding steroid dienone is 2. The Bertz CT molecular complexity index is 879. The fraction of sp³-hybridized carbons (Fsp3) is 0.792. The number of aliphatic hydroxyl groups excluding tert-OH is 1. The molecule has 4 aliphatic rings. The van der Waals surface area contributed by atoms with Gasteiger partial charge in [-0.05, 0) is 86.0 Å². The lowest BCUT2D eigenvalue weighted by Crippen LogP contribution is -2.51. The van der Waals surface area contributed by atoms with E-state index in [0.29, 0.717) is 25.6 Å². The largest absolute Gasteiger partial charge is 0.394 e. The third kappa shape index (κ3) is 3.54. The van der Waals surface area contributed by atoms with Crippen LogP contribution >= 0.6 is 0 Å². The molecule has 1 aromatic heterocycles. The second-order valence-corrected chi connectivity index (χ2v) is 10.7.